The molecule has 1 rings (SSSR count). The smallest absolute Gasteiger partial charge is 0.317 e. The Morgan fingerprint density at radius 1 is 1.35 bits per heavy atom. The summed E-state index contributed by atoms with van der Waals surface area (Å²) in [5.41, 5.74) is -0.444. The minimum Gasteiger partial charge on any atom is -0.394 e. The van der Waals surface area contributed by atoms with Gasteiger partial charge in [0, 0.05) is 13.1 Å². The van der Waals surface area contributed by atoms with E-state index in [1.807, 2.05) is 18.7 Å². The van der Waals surface area contributed by atoms with E-state index >= 15 is 0 Å². The normalized spacial score (nSPS) is 18.2. The van der Waals surface area contributed by atoms with E-state index in [0.717, 1.165) is 44.7 Å². The van der Waals surface area contributed by atoms with Crippen molar-refractivity contribution in [1.29, 1.82) is 0 Å². The maximum Gasteiger partial charge on any atom is 0.317 e. The van der Waals surface area contributed by atoms with E-state index in [9.17, 15) is 9.90 Å². The van der Waals surface area contributed by atoms with Crippen molar-refractivity contribution in [2.45, 2.75) is 52.0 Å². The van der Waals surface area contributed by atoms with Gasteiger partial charge in [-0.1, -0.05) is 20.8 Å². The SMILES string of the molecule is CCC(CC)(CO)NC(=O)N1CCC(C)CC1. The van der Waals surface area contributed by atoms with E-state index in [1.165, 1.54) is 0 Å². The summed E-state index contributed by atoms with van der Waals surface area (Å²) in [6, 6.07) is -0.0188. The highest BCUT2D eigenvalue weighted by molar-refractivity contribution is 5.75. The molecule has 4 heteroatoms. The lowest BCUT2D eigenvalue weighted by Gasteiger charge is -2.36. The van der Waals surface area contributed by atoms with Gasteiger partial charge in [-0.05, 0) is 31.6 Å². The molecule has 1 saturated heterocycles. The van der Waals surface area contributed by atoms with Gasteiger partial charge in [0.1, 0.15) is 0 Å². The molecule has 0 aromatic rings. The topological polar surface area (TPSA) is 52.6 Å². The maximum absolute atomic E-state index is 12.1. The van der Waals surface area contributed by atoms with Crippen molar-refractivity contribution in [2.75, 3.05) is 19.7 Å². The van der Waals surface area contributed by atoms with E-state index in [2.05, 4.69) is 12.2 Å². The number of urea groups is 1. The average Bonchev–Trinajstić information content (AvgIpc) is 2.37. The number of amides is 2. The largest absolute Gasteiger partial charge is 0.394 e. The van der Waals surface area contributed by atoms with E-state index in [4.69, 9.17) is 0 Å². The summed E-state index contributed by atoms with van der Waals surface area (Å²) in [5.74, 6) is 0.721. The van der Waals surface area contributed by atoms with Crippen LogP contribution in [-0.4, -0.2) is 41.3 Å². The van der Waals surface area contributed by atoms with E-state index in [0.29, 0.717) is 0 Å². The molecule has 0 atom stereocenters. The molecule has 0 radical (unpaired) electrons. The first-order valence-corrected chi connectivity index (χ1v) is 6.75. The summed E-state index contributed by atoms with van der Waals surface area (Å²) in [7, 11) is 0. The van der Waals surface area contributed by atoms with Crippen molar-refractivity contribution in [2.24, 2.45) is 5.92 Å². The molecule has 2 amide bonds. The van der Waals surface area contributed by atoms with Crippen LogP contribution in [0.2, 0.25) is 0 Å². The first-order chi connectivity index (χ1) is 8.06. The molecule has 0 aromatic heterocycles. The van der Waals surface area contributed by atoms with Crippen molar-refractivity contribution < 1.29 is 9.90 Å². The summed E-state index contributed by atoms with van der Waals surface area (Å²) < 4.78 is 0. The molecular formula is C13H26N2O2. The highest BCUT2D eigenvalue weighted by atomic mass is 16.3. The molecule has 0 bridgehead atoms. The summed E-state index contributed by atoms with van der Waals surface area (Å²) in [6.45, 7) is 7.90. The van der Waals surface area contributed by atoms with Gasteiger partial charge in [0.25, 0.3) is 0 Å². The van der Waals surface area contributed by atoms with Crippen LogP contribution in [0.4, 0.5) is 4.79 Å². The molecule has 0 spiro atoms. The van der Waals surface area contributed by atoms with Crippen LogP contribution in [-0.2, 0) is 0 Å². The van der Waals surface area contributed by atoms with Crippen molar-refractivity contribution in [1.82, 2.24) is 10.2 Å². The summed E-state index contributed by atoms with van der Waals surface area (Å²) in [4.78, 5) is 14.0. The Balaban J connectivity index is 2.53. The molecule has 17 heavy (non-hydrogen) atoms. The Labute approximate surface area is 104 Å². The number of nitrogens with zero attached hydrogens (tertiary/aromatic N) is 1. The van der Waals surface area contributed by atoms with Crippen LogP contribution in [0.3, 0.4) is 0 Å². The predicted molar refractivity (Wildman–Crippen MR) is 68.9 cm³/mol. The fourth-order valence-electron chi connectivity index (χ4n) is 2.21. The van der Waals surface area contributed by atoms with E-state index in [1.54, 1.807) is 0 Å². The third kappa shape index (κ3) is 3.60. The number of aliphatic hydroxyl groups excluding tert-OH is 1. The molecule has 1 fully saturated rings. The number of hydrogen-bond acceptors (Lipinski definition) is 2. The van der Waals surface area contributed by atoms with Crippen molar-refractivity contribution in [3.63, 3.8) is 0 Å². The van der Waals surface area contributed by atoms with Gasteiger partial charge in [0.05, 0.1) is 12.1 Å². The van der Waals surface area contributed by atoms with Gasteiger partial charge in [-0.25, -0.2) is 4.79 Å². The zero-order valence-corrected chi connectivity index (χ0v) is 11.3. The molecule has 0 aromatic carbocycles. The third-order valence-electron chi connectivity index (χ3n) is 4.10. The van der Waals surface area contributed by atoms with Crippen LogP contribution >= 0.6 is 0 Å². The first kappa shape index (κ1) is 14.3. The molecule has 4 nitrogen and oxygen atoms in total. The van der Waals surface area contributed by atoms with Gasteiger partial charge < -0.3 is 15.3 Å². The van der Waals surface area contributed by atoms with Crippen LogP contribution in [0.15, 0.2) is 0 Å². The monoisotopic (exact) mass is 242 g/mol. The Bertz CT molecular complexity index is 236. The van der Waals surface area contributed by atoms with Gasteiger partial charge in [0.2, 0.25) is 0 Å². The van der Waals surface area contributed by atoms with E-state index in [-0.39, 0.29) is 12.6 Å². The van der Waals surface area contributed by atoms with Crippen LogP contribution < -0.4 is 5.32 Å². The van der Waals surface area contributed by atoms with Crippen molar-refractivity contribution >= 4 is 6.03 Å². The Morgan fingerprint density at radius 3 is 2.29 bits per heavy atom. The summed E-state index contributed by atoms with van der Waals surface area (Å²) >= 11 is 0. The number of rotatable bonds is 4. The highest BCUT2D eigenvalue weighted by Gasteiger charge is 2.30. The molecular weight excluding hydrogens is 216 g/mol. The molecule has 2 N–H and O–H groups in total. The fourth-order valence-corrected chi connectivity index (χ4v) is 2.21. The first-order valence-electron chi connectivity index (χ1n) is 6.75. The minimum absolute atomic E-state index is 0.00990. The number of likely N-dealkylation sites (tertiary alicyclic amines) is 1. The van der Waals surface area contributed by atoms with Gasteiger partial charge in [0.15, 0.2) is 0 Å². The van der Waals surface area contributed by atoms with Gasteiger partial charge in [-0.15, -0.1) is 0 Å². The predicted octanol–water partition coefficient (Wildman–Crippen LogP) is 1.98. The number of nitrogens with one attached hydrogen (secondary N) is 1. The molecule has 0 unspecified atom stereocenters. The Morgan fingerprint density at radius 2 is 1.88 bits per heavy atom. The maximum atomic E-state index is 12.1. The molecule has 0 saturated carbocycles. The Hall–Kier alpha value is -0.770. The van der Waals surface area contributed by atoms with Crippen LogP contribution in [0.1, 0.15) is 46.5 Å². The third-order valence-corrected chi connectivity index (χ3v) is 4.10. The lowest BCUT2D eigenvalue weighted by atomic mass is 9.94. The number of carbonyl (C=O) groups excluding carboxylic acids is 1. The second-order valence-electron chi connectivity index (χ2n) is 5.25. The van der Waals surface area contributed by atoms with Gasteiger partial charge >= 0.3 is 6.03 Å². The number of piperidine rings is 1. The standard InChI is InChI=1S/C13H26N2O2/c1-4-13(5-2,10-16)14-12(17)15-8-6-11(3)7-9-15/h11,16H,4-10H2,1-3H3,(H,14,17). The molecule has 0 aliphatic carbocycles. The van der Waals surface area contributed by atoms with Crippen LogP contribution in [0, 0.1) is 5.92 Å². The van der Waals surface area contributed by atoms with Crippen molar-refractivity contribution in [3.8, 4) is 0 Å². The molecule has 100 valence electrons. The summed E-state index contributed by atoms with van der Waals surface area (Å²) in [5, 5.41) is 12.4. The second kappa shape index (κ2) is 6.24. The highest BCUT2D eigenvalue weighted by Crippen LogP contribution is 2.18. The van der Waals surface area contributed by atoms with Crippen molar-refractivity contribution in [3.05, 3.63) is 0 Å². The van der Waals surface area contributed by atoms with Gasteiger partial charge in [-0.2, -0.15) is 0 Å². The number of aliphatic hydroxyl groups is 1. The number of carbonyl (C=O) groups is 1. The number of hydrogen-bond donors (Lipinski definition) is 2. The van der Waals surface area contributed by atoms with Gasteiger partial charge in [-0.3, -0.25) is 0 Å². The van der Waals surface area contributed by atoms with Crippen LogP contribution in [0.5, 0.6) is 0 Å². The van der Waals surface area contributed by atoms with Crippen LogP contribution in [0.25, 0.3) is 0 Å². The lowest BCUT2D eigenvalue weighted by molar-refractivity contribution is 0.127. The van der Waals surface area contributed by atoms with E-state index < -0.39 is 5.54 Å². The molecule has 1 heterocycles. The lowest BCUT2D eigenvalue weighted by Crippen LogP contribution is -2.56. The zero-order chi connectivity index (χ0) is 12.9. The quantitative estimate of drug-likeness (QED) is 0.792. The summed E-state index contributed by atoms with van der Waals surface area (Å²) in [6.07, 6.45) is 3.68. The molecule has 1 aliphatic heterocycles. The minimum atomic E-state index is -0.444. The Kier molecular flexibility index (Phi) is 5.25. The average molecular weight is 242 g/mol. The zero-order valence-electron chi connectivity index (χ0n) is 11.3. The second-order valence-corrected chi connectivity index (χ2v) is 5.25. The fraction of sp³-hybridized carbons (Fsp3) is 0.923. The molecule has 1 aliphatic rings.